The molecular weight excluding hydrogens is 420 g/mol. The van der Waals surface area contributed by atoms with Crippen molar-refractivity contribution in [2.24, 2.45) is 0 Å². The van der Waals surface area contributed by atoms with Gasteiger partial charge < -0.3 is 22.4 Å². The number of methoxy groups -OCH3 is 2. The number of ether oxygens (including phenoxy) is 3. The highest BCUT2D eigenvalue weighted by atomic mass is 28.5. The third-order valence-electron chi connectivity index (χ3n) is 4.73. The van der Waals surface area contributed by atoms with E-state index in [1.54, 1.807) is 13.2 Å². The average molecular weight is 459 g/mol. The van der Waals surface area contributed by atoms with Crippen LogP contribution in [0.2, 0.25) is 51.4 Å². The van der Waals surface area contributed by atoms with Gasteiger partial charge in [0.05, 0.1) is 14.2 Å². The summed E-state index contributed by atoms with van der Waals surface area (Å²) in [5, 5.41) is 0. The minimum atomic E-state index is -2.12. The first-order valence-electron chi connectivity index (χ1n) is 10.2. The van der Waals surface area contributed by atoms with E-state index < -0.39 is 31.4 Å². The van der Waals surface area contributed by atoms with Gasteiger partial charge in [0.1, 0.15) is 0 Å². The quantitative estimate of drug-likeness (QED) is 0.232. The van der Waals surface area contributed by atoms with Crippen molar-refractivity contribution in [2.45, 2.75) is 71.1 Å². The summed E-state index contributed by atoms with van der Waals surface area (Å²) < 4.78 is 28.1. The van der Waals surface area contributed by atoms with Crippen LogP contribution in [0.1, 0.15) is 18.9 Å². The summed E-state index contributed by atoms with van der Waals surface area (Å²) in [7, 11) is -2.74. The molecule has 0 unspecified atom stereocenters. The lowest BCUT2D eigenvalue weighted by atomic mass is 10.1. The van der Waals surface area contributed by atoms with E-state index >= 15 is 0 Å². The normalized spacial score (nSPS) is 12.6. The molecule has 9 heteroatoms. The van der Waals surface area contributed by atoms with Crippen molar-refractivity contribution in [3.05, 3.63) is 23.8 Å². The third kappa shape index (κ3) is 9.47. The van der Waals surface area contributed by atoms with E-state index in [4.69, 9.17) is 17.7 Å². The molecular formula is C20H38O6Si3. The maximum atomic E-state index is 11.3. The Labute approximate surface area is 179 Å². The number of carbonyl (C=O) groups is 1. The summed E-state index contributed by atoms with van der Waals surface area (Å²) >= 11 is 0. The van der Waals surface area contributed by atoms with Gasteiger partial charge in [-0.15, -0.1) is 0 Å². The molecule has 0 fully saturated rings. The van der Waals surface area contributed by atoms with Crippen LogP contribution in [0.3, 0.4) is 0 Å². The van der Waals surface area contributed by atoms with Crippen LogP contribution < -0.4 is 9.47 Å². The van der Waals surface area contributed by atoms with Crippen LogP contribution in [0.5, 0.6) is 11.5 Å². The summed E-state index contributed by atoms with van der Waals surface area (Å²) in [6.07, 6.45) is 1.18. The molecule has 1 aromatic carbocycles. The topological polar surface area (TPSA) is 63.2 Å². The number of benzene rings is 1. The van der Waals surface area contributed by atoms with Crippen LogP contribution in [-0.2, 0) is 19.4 Å². The summed E-state index contributed by atoms with van der Waals surface area (Å²) in [5.41, 5.74) is 1.14. The molecule has 0 amide bonds. The Hall–Kier alpha value is -1.14. The minimum Gasteiger partial charge on any atom is -0.493 e. The lowest BCUT2D eigenvalue weighted by Crippen LogP contribution is -2.52. The standard InChI is InChI=1S/C20H38O6Si3/c1-10-27(4,5)25-29(8,9)26-28(6,7)15-11-12-17-13-14-18(19(16-17)22-2)24-20(21)23-3/h13-14,16H,10-12,15H2,1-9H3. The maximum absolute atomic E-state index is 11.3. The number of rotatable bonds is 11. The second-order valence-electron chi connectivity index (χ2n) is 8.87. The van der Waals surface area contributed by atoms with Crippen molar-refractivity contribution in [2.75, 3.05) is 14.2 Å². The first kappa shape index (κ1) is 25.9. The van der Waals surface area contributed by atoms with Gasteiger partial charge in [0.25, 0.3) is 0 Å². The Morgan fingerprint density at radius 1 is 0.931 bits per heavy atom. The molecule has 166 valence electrons. The predicted molar refractivity (Wildman–Crippen MR) is 124 cm³/mol. The van der Waals surface area contributed by atoms with Gasteiger partial charge >= 0.3 is 14.7 Å². The summed E-state index contributed by atoms with van der Waals surface area (Å²) in [6.45, 7) is 15.6. The molecule has 6 nitrogen and oxygen atoms in total. The predicted octanol–water partition coefficient (Wildman–Crippen LogP) is 5.94. The molecule has 1 aromatic rings. The van der Waals surface area contributed by atoms with Gasteiger partial charge in [-0.2, -0.15) is 0 Å². The van der Waals surface area contributed by atoms with Gasteiger partial charge in [0.15, 0.2) is 28.1 Å². The van der Waals surface area contributed by atoms with Crippen LogP contribution in [0, 0.1) is 0 Å². The molecule has 0 bridgehead atoms. The zero-order valence-corrected chi connectivity index (χ0v) is 22.5. The number of hydrogen-bond acceptors (Lipinski definition) is 6. The van der Waals surface area contributed by atoms with Gasteiger partial charge in [-0.1, -0.05) is 13.0 Å². The lowest BCUT2D eigenvalue weighted by Gasteiger charge is -2.38. The Morgan fingerprint density at radius 2 is 1.55 bits per heavy atom. The molecule has 0 aliphatic rings. The van der Waals surface area contributed by atoms with Crippen LogP contribution in [0.25, 0.3) is 0 Å². The summed E-state index contributed by atoms with van der Waals surface area (Å²) in [5.74, 6) is 0.878. The zero-order valence-electron chi connectivity index (χ0n) is 19.5. The molecule has 0 aliphatic carbocycles. The van der Waals surface area contributed by atoms with Crippen LogP contribution in [0.4, 0.5) is 4.79 Å². The monoisotopic (exact) mass is 458 g/mol. The highest BCUT2D eigenvalue weighted by Gasteiger charge is 2.38. The van der Waals surface area contributed by atoms with Crippen LogP contribution in [-0.4, -0.2) is 45.6 Å². The molecule has 0 heterocycles. The van der Waals surface area contributed by atoms with E-state index in [0.29, 0.717) is 11.5 Å². The molecule has 29 heavy (non-hydrogen) atoms. The van der Waals surface area contributed by atoms with Crippen molar-refractivity contribution >= 4 is 31.4 Å². The maximum Gasteiger partial charge on any atom is 0.513 e. The average Bonchev–Trinajstić information content (AvgIpc) is 2.60. The number of aryl methyl sites for hydroxylation is 1. The Kier molecular flexibility index (Phi) is 9.61. The molecule has 1 rings (SSSR count). The molecule has 0 aliphatic heterocycles. The molecule has 0 aromatic heterocycles. The number of hydrogen-bond donors (Lipinski definition) is 0. The fraction of sp³-hybridized carbons (Fsp3) is 0.650. The van der Waals surface area contributed by atoms with Crippen LogP contribution in [0.15, 0.2) is 18.2 Å². The third-order valence-corrected chi connectivity index (χ3v) is 16.3. The molecule has 0 saturated carbocycles. The van der Waals surface area contributed by atoms with Crippen LogP contribution >= 0.6 is 0 Å². The van der Waals surface area contributed by atoms with E-state index in [1.165, 1.54) is 7.11 Å². The van der Waals surface area contributed by atoms with Crippen molar-refractivity contribution < 1.29 is 27.2 Å². The highest BCUT2D eigenvalue weighted by molar-refractivity contribution is 6.87. The fourth-order valence-electron chi connectivity index (χ4n) is 3.28. The summed E-state index contributed by atoms with van der Waals surface area (Å²) in [4.78, 5) is 11.3. The highest BCUT2D eigenvalue weighted by Crippen LogP contribution is 2.30. The van der Waals surface area contributed by atoms with Gasteiger partial charge in [0, 0.05) is 0 Å². The zero-order chi connectivity index (χ0) is 22.3. The summed E-state index contributed by atoms with van der Waals surface area (Å²) in [6, 6.07) is 7.76. The van der Waals surface area contributed by atoms with E-state index in [2.05, 4.69) is 50.9 Å². The SMILES string of the molecule is CC[Si](C)(C)O[Si](C)(C)O[Si](C)(C)CCCc1ccc(OC(=O)OC)c(OC)c1. The Morgan fingerprint density at radius 3 is 2.10 bits per heavy atom. The molecule has 0 radical (unpaired) electrons. The van der Waals surface area contributed by atoms with E-state index in [0.717, 1.165) is 30.5 Å². The Balaban J connectivity index is 2.66. The Bertz CT molecular complexity index is 676. The van der Waals surface area contributed by atoms with Gasteiger partial charge in [-0.3, -0.25) is 0 Å². The number of carbonyl (C=O) groups excluding carboxylic acids is 1. The van der Waals surface area contributed by atoms with Gasteiger partial charge in [0.2, 0.25) is 0 Å². The van der Waals surface area contributed by atoms with Crippen molar-refractivity contribution in [1.29, 1.82) is 0 Å². The first-order chi connectivity index (χ1) is 13.3. The molecule has 0 N–H and O–H groups in total. The lowest BCUT2D eigenvalue weighted by molar-refractivity contribution is 0.120. The smallest absolute Gasteiger partial charge is 0.493 e. The first-order valence-corrected chi connectivity index (χ1v) is 19.2. The molecule has 0 saturated heterocycles. The van der Waals surface area contributed by atoms with E-state index in [1.807, 2.05) is 12.1 Å². The second-order valence-corrected chi connectivity index (χ2v) is 21.6. The van der Waals surface area contributed by atoms with Crippen molar-refractivity contribution in [3.8, 4) is 11.5 Å². The van der Waals surface area contributed by atoms with E-state index in [9.17, 15) is 4.79 Å². The van der Waals surface area contributed by atoms with E-state index in [-0.39, 0.29) is 0 Å². The largest absolute Gasteiger partial charge is 0.513 e. The molecule has 0 atom stereocenters. The van der Waals surface area contributed by atoms with Crippen molar-refractivity contribution in [3.63, 3.8) is 0 Å². The fourth-order valence-corrected chi connectivity index (χ4v) is 16.5. The van der Waals surface area contributed by atoms with Gasteiger partial charge in [-0.05, 0) is 81.9 Å². The minimum absolute atomic E-state index is 0.355. The van der Waals surface area contributed by atoms with Gasteiger partial charge in [-0.25, -0.2) is 4.79 Å². The molecule has 0 spiro atoms. The second kappa shape index (κ2) is 10.8. The van der Waals surface area contributed by atoms with Crippen molar-refractivity contribution in [1.82, 2.24) is 0 Å².